The van der Waals surface area contributed by atoms with Gasteiger partial charge in [0.15, 0.2) is 0 Å². The van der Waals surface area contributed by atoms with Crippen LogP contribution >= 0.6 is 0 Å². The molecule has 0 unspecified atom stereocenters. The first kappa shape index (κ1) is 17.3. The first-order valence-corrected chi connectivity index (χ1v) is 7.24. The molecule has 0 aliphatic heterocycles. The Kier molecular flexibility index (Phi) is 6.00. The highest BCUT2D eigenvalue weighted by molar-refractivity contribution is 5.87. The lowest BCUT2D eigenvalue weighted by Gasteiger charge is -2.21. The number of carbonyl (C=O) groups is 2. The third kappa shape index (κ3) is 6.47. The molecular formula is C16H25NO4. The maximum Gasteiger partial charge on any atom is 0.408 e. The predicted molar refractivity (Wildman–Crippen MR) is 80.8 cm³/mol. The molecule has 0 heterocycles. The van der Waals surface area contributed by atoms with E-state index >= 15 is 0 Å². The van der Waals surface area contributed by atoms with Crippen LogP contribution in [0.25, 0.3) is 0 Å². The smallest absolute Gasteiger partial charge is 0.408 e. The minimum absolute atomic E-state index is 0.0696. The molecule has 0 bridgehead atoms. The Morgan fingerprint density at radius 1 is 1.33 bits per heavy atom. The molecule has 5 nitrogen and oxygen atoms in total. The minimum atomic E-state index is -0.510. The second kappa shape index (κ2) is 7.29. The van der Waals surface area contributed by atoms with Crippen LogP contribution in [0.5, 0.6) is 0 Å². The number of hydrogen-bond acceptors (Lipinski definition) is 4. The van der Waals surface area contributed by atoms with E-state index in [2.05, 4.69) is 11.9 Å². The van der Waals surface area contributed by atoms with Gasteiger partial charge in [-0.25, -0.2) is 9.59 Å². The maximum absolute atomic E-state index is 11.7. The fourth-order valence-corrected chi connectivity index (χ4v) is 2.12. The van der Waals surface area contributed by atoms with E-state index in [9.17, 15) is 9.59 Å². The zero-order valence-electron chi connectivity index (χ0n) is 13.3. The van der Waals surface area contributed by atoms with E-state index in [1.165, 1.54) is 0 Å². The van der Waals surface area contributed by atoms with Crippen molar-refractivity contribution in [3.8, 4) is 0 Å². The molecule has 21 heavy (non-hydrogen) atoms. The fourth-order valence-electron chi connectivity index (χ4n) is 2.12. The molecule has 1 N–H and O–H groups in total. The maximum atomic E-state index is 11.7. The number of esters is 1. The van der Waals surface area contributed by atoms with E-state index in [-0.39, 0.29) is 17.9 Å². The summed E-state index contributed by atoms with van der Waals surface area (Å²) in [4.78, 5) is 23.2. The Morgan fingerprint density at radius 3 is 2.57 bits per heavy atom. The molecule has 1 rings (SSSR count). The average Bonchev–Trinajstić information content (AvgIpc) is 2.73. The number of hydrogen-bond donors (Lipinski definition) is 1. The van der Waals surface area contributed by atoms with Crippen molar-refractivity contribution in [3.05, 3.63) is 24.3 Å². The quantitative estimate of drug-likeness (QED) is 0.481. The van der Waals surface area contributed by atoms with Gasteiger partial charge in [0, 0.05) is 5.57 Å². The lowest BCUT2D eigenvalue weighted by molar-refractivity contribution is -0.138. The van der Waals surface area contributed by atoms with E-state index in [1.807, 2.05) is 32.9 Å². The number of allylic oxidation sites excluding steroid dienone is 1. The van der Waals surface area contributed by atoms with Gasteiger partial charge in [0.1, 0.15) is 5.60 Å². The molecule has 118 valence electrons. The van der Waals surface area contributed by atoms with Crippen molar-refractivity contribution in [1.29, 1.82) is 0 Å². The Bertz CT molecular complexity index is 434. The summed E-state index contributed by atoms with van der Waals surface area (Å²) >= 11 is 0. The van der Waals surface area contributed by atoms with E-state index in [0.29, 0.717) is 18.6 Å². The van der Waals surface area contributed by atoms with Crippen molar-refractivity contribution in [1.82, 2.24) is 5.32 Å². The van der Waals surface area contributed by atoms with Crippen LogP contribution in [0.4, 0.5) is 4.79 Å². The Labute approximate surface area is 126 Å². The third-order valence-corrected chi connectivity index (χ3v) is 2.95. The van der Waals surface area contributed by atoms with Crippen LogP contribution < -0.4 is 5.32 Å². The van der Waals surface area contributed by atoms with Gasteiger partial charge < -0.3 is 14.8 Å². The summed E-state index contributed by atoms with van der Waals surface area (Å²) in [6.45, 7) is 11.3. The van der Waals surface area contributed by atoms with Gasteiger partial charge in [-0.3, -0.25) is 0 Å². The van der Waals surface area contributed by atoms with Crippen molar-refractivity contribution < 1.29 is 19.1 Å². The van der Waals surface area contributed by atoms with Gasteiger partial charge in [-0.2, -0.15) is 0 Å². The SMILES string of the molecule is C=C(C[C@@H]1C=C[C@H](NC(=O)OC(C)(C)C)C1)C(=O)OCC. The molecule has 5 heteroatoms. The lowest BCUT2D eigenvalue weighted by Crippen LogP contribution is -2.37. The number of alkyl carbamates (subject to hydrolysis) is 1. The second-order valence-electron chi connectivity index (χ2n) is 6.16. The summed E-state index contributed by atoms with van der Waals surface area (Å²) in [7, 11) is 0. The molecule has 0 aromatic heterocycles. The van der Waals surface area contributed by atoms with Crippen LogP contribution in [-0.2, 0) is 14.3 Å². The molecule has 1 amide bonds. The zero-order chi connectivity index (χ0) is 16.0. The standard InChI is InChI=1S/C16H25NO4/c1-6-20-14(18)11(2)9-12-7-8-13(10-12)17-15(19)21-16(3,4)5/h7-8,12-13H,2,6,9-10H2,1,3-5H3,(H,17,19)/t12-,13-/m0/s1. The van der Waals surface area contributed by atoms with Crippen molar-refractivity contribution in [2.75, 3.05) is 6.61 Å². The van der Waals surface area contributed by atoms with E-state index in [1.54, 1.807) is 6.92 Å². The molecule has 0 aromatic carbocycles. The molecule has 1 aliphatic rings. The largest absolute Gasteiger partial charge is 0.463 e. The average molecular weight is 295 g/mol. The first-order valence-electron chi connectivity index (χ1n) is 7.24. The van der Waals surface area contributed by atoms with Crippen LogP contribution in [0, 0.1) is 5.92 Å². The first-order chi connectivity index (χ1) is 9.71. The molecule has 0 fully saturated rings. The normalized spacial score (nSPS) is 21.0. The number of ether oxygens (including phenoxy) is 2. The van der Waals surface area contributed by atoms with Gasteiger partial charge in [-0.1, -0.05) is 18.7 Å². The lowest BCUT2D eigenvalue weighted by atomic mass is 9.99. The molecule has 0 radical (unpaired) electrons. The van der Waals surface area contributed by atoms with Crippen LogP contribution in [0.2, 0.25) is 0 Å². The van der Waals surface area contributed by atoms with Crippen molar-refractivity contribution >= 4 is 12.1 Å². The molecule has 2 atom stereocenters. The van der Waals surface area contributed by atoms with Gasteiger partial charge in [0.25, 0.3) is 0 Å². The van der Waals surface area contributed by atoms with Crippen molar-refractivity contribution in [3.63, 3.8) is 0 Å². The monoisotopic (exact) mass is 295 g/mol. The second-order valence-corrected chi connectivity index (χ2v) is 6.16. The van der Waals surface area contributed by atoms with E-state index < -0.39 is 11.7 Å². The highest BCUT2D eigenvalue weighted by atomic mass is 16.6. The number of rotatable bonds is 5. The van der Waals surface area contributed by atoms with Gasteiger partial charge in [-0.05, 0) is 46.5 Å². The van der Waals surface area contributed by atoms with Gasteiger partial charge in [-0.15, -0.1) is 0 Å². The van der Waals surface area contributed by atoms with Crippen molar-refractivity contribution in [2.45, 2.75) is 52.2 Å². The van der Waals surface area contributed by atoms with Crippen LogP contribution in [0.1, 0.15) is 40.5 Å². The molecule has 0 saturated carbocycles. The topological polar surface area (TPSA) is 64.6 Å². The highest BCUT2D eigenvalue weighted by Crippen LogP contribution is 2.25. The fraction of sp³-hybridized carbons (Fsp3) is 0.625. The number of nitrogens with one attached hydrogen (secondary N) is 1. The Balaban J connectivity index is 2.37. The molecule has 1 aliphatic carbocycles. The summed E-state index contributed by atoms with van der Waals surface area (Å²) in [5.74, 6) is -0.170. The molecule has 0 saturated heterocycles. The molecule has 0 spiro atoms. The van der Waals surface area contributed by atoms with E-state index in [0.717, 1.165) is 6.42 Å². The molecular weight excluding hydrogens is 270 g/mol. The van der Waals surface area contributed by atoms with Crippen LogP contribution in [0.15, 0.2) is 24.3 Å². The summed E-state index contributed by atoms with van der Waals surface area (Å²) in [6, 6.07) is -0.0696. The summed E-state index contributed by atoms with van der Waals surface area (Å²) < 4.78 is 10.1. The zero-order valence-corrected chi connectivity index (χ0v) is 13.3. The third-order valence-electron chi connectivity index (χ3n) is 2.95. The van der Waals surface area contributed by atoms with Crippen LogP contribution in [-0.4, -0.2) is 30.3 Å². The summed E-state index contributed by atoms with van der Waals surface area (Å²) in [5, 5.41) is 2.80. The number of amides is 1. The highest BCUT2D eigenvalue weighted by Gasteiger charge is 2.24. The van der Waals surface area contributed by atoms with Crippen molar-refractivity contribution in [2.24, 2.45) is 5.92 Å². The molecule has 0 aromatic rings. The van der Waals surface area contributed by atoms with Gasteiger partial charge >= 0.3 is 12.1 Å². The summed E-state index contributed by atoms with van der Waals surface area (Å²) in [6.07, 6.45) is 4.76. The predicted octanol–water partition coefficient (Wildman–Crippen LogP) is 2.97. The summed E-state index contributed by atoms with van der Waals surface area (Å²) in [5.41, 5.74) is -0.0475. The minimum Gasteiger partial charge on any atom is -0.463 e. The van der Waals surface area contributed by atoms with Gasteiger partial charge in [0.05, 0.1) is 12.6 Å². The van der Waals surface area contributed by atoms with E-state index in [4.69, 9.17) is 9.47 Å². The number of carbonyl (C=O) groups excluding carboxylic acids is 2. The Morgan fingerprint density at radius 2 is 2.00 bits per heavy atom. The van der Waals surface area contributed by atoms with Gasteiger partial charge in [0.2, 0.25) is 0 Å². The Hall–Kier alpha value is -1.78. The van der Waals surface area contributed by atoms with Crippen LogP contribution in [0.3, 0.4) is 0 Å².